The average molecular weight is 386 g/mol. The average Bonchev–Trinajstić information content (AvgIpc) is 2.86. The van der Waals surface area contributed by atoms with Gasteiger partial charge in [-0.1, -0.05) is 53.5 Å². The molecule has 6 heteroatoms. The van der Waals surface area contributed by atoms with E-state index in [4.69, 9.17) is 23.2 Å². The largest absolute Gasteiger partial charge is 0.215 e. The molecule has 3 rings (SSSR count). The summed E-state index contributed by atoms with van der Waals surface area (Å²) in [6.45, 7) is 0. The summed E-state index contributed by atoms with van der Waals surface area (Å²) in [5, 5.41) is 0.714. The summed E-state index contributed by atoms with van der Waals surface area (Å²) >= 11 is 17.5. The highest BCUT2D eigenvalue weighted by molar-refractivity contribution is 9.11. The van der Waals surface area contributed by atoms with E-state index < -0.39 is 0 Å². The molecule has 0 spiro atoms. The van der Waals surface area contributed by atoms with E-state index >= 15 is 0 Å². The fourth-order valence-electron chi connectivity index (χ4n) is 1.80. The summed E-state index contributed by atoms with van der Waals surface area (Å²) < 4.78 is 1.01. The van der Waals surface area contributed by atoms with Gasteiger partial charge in [0.05, 0.1) is 14.2 Å². The van der Waals surface area contributed by atoms with Gasteiger partial charge in [-0.3, -0.25) is 0 Å². The standard InChI is InChI=1S/C14H7BrCl2N2S/c15-10-7-6-9(20-10)14-18-12(16)11(13(17)19-14)8-4-2-1-3-5-8/h1-7H. The highest BCUT2D eigenvalue weighted by Gasteiger charge is 2.15. The first-order chi connectivity index (χ1) is 9.65. The molecule has 1 aromatic carbocycles. The molecule has 3 aromatic rings. The summed E-state index contributed by atoms with van der Waals surface area (Å²) in [5.74, 6) is 0.537. The van der Waals surface area contributed by atoms with Gasteiger partial charge in [-0.2, -0.15) is 0 Å². The van der Waals surface area contributed by atoms with E-state index in [0.29, 0.717) is 21.7 Å². The van der Waals surface area contributed by atoms with Crippen LogP contribution in [0, 0.1) is 0 Å². The maximum atomic E-state index is 6.28. The van der Waals surface area contributed by atoms with Crippen molar-refractivity contribution in [2.24, 2.45) is 0 Å². The van der Waals surface area contributed by atoms with Crippen molar-refractivity contribution in [1.29, 1.82) is 0 Å². The maximum Gasteiger partial charge on any atom is 0.172 e. The van der Waals surface area contributed by atoms with Gasteiger partial charge < -0.3 is 0 Å². The Labute approximate surface area is 138 Å². The Balaban J connectivity index is 2.12. The Bertz CT molecular complexity index is 736. The molecule has 0 bridgehead atoms. The van der Waals surface area contributed by atoms with E-state index in [-0.39, 0.29) is 0 Å². The monoisotopic (exact) mass is 384 g/mol. The van der Waals surface area contributed by atoms with E-state index in [0.717, 1.165) is 14.2 Å². The van der Waals surface area contributed by atoms with Gasteiger partial charge in [0.15, 0.2) is 5.82 Å². The van der Waals surface area contributed by atoms with Crippen molar-refractivity contribution in [2.75, 3.05) is 0 Å². The molecule has 0 aliphatic heterocycles. The second-order valence-corrected chi connectivity index (χ2v) is 7.15. The summed E-state index contributed by atoms with van der Waals surface area (Å²) in [5.41, 5.74) is 1.56. The topological polar surface area (TPSA) is 25.8 Å². The van der Waals surface area contributed by atoms with Crippen LogP contribution in [-0.2, 0) is 0 Å². The number of thiophene rings is 1. The van der Waals surface area contributed by atoms with E-state index in [1.807, 2.05) is 42.5 Å². The lowest BCUT2D eigenvalue weighted by Gasteiger charge is -2.07. The van der Waals surface area contributed by atoms with E-state index in [2.05, 4.69) is 25.9 Å². The van der Waals surface area contributed by atoms with Gasteiger partial charge in [0.25, 0.3) is 0 Å². The number of benzene rings is 1. The van der Waals surface area contributed by atoms with Gasteiger partial charge in [0, 0.05) is 0 Å². The van der Waals surface area contributed by atoms with Crippen LogP contribution in [0.3, 0.4) is 0 Å². The minimum atomic E-state index is 0.357. The number of hydrogen-bond donors (Lipinski definition) is 0. The molecular formula is C14H7BrCl2N2S. The minimum absolute atomic E-state index is 0.357. The molecule has 0 radical (unpaired) electrons. The molecule has 0 unspecified atom stereocenters. The van der Waals surface area contributed by atoms with Crippen molar-refractivity contribution in [3.05, 3.63) is 56.6 Å². The van der Waals surface area contributed by atoms with Gasteiger partial charge in [0.2, 0.25) is 0 Å². The van der Waals surface area contributed by atoms with Crippen LogP contribution in [0.5, 0.6) is 0 Å². The number of aromatic nitrogens is 2. The van der Waals surface area contributed by atoms with Crippen LogP contribution in [0.4, 0.5) is 0 Å². The fourth-order valence-corrected chi connectivity index (χ4v) is 3.72. The Hall–Kier alpha value is -0.940. The van der Waals surface area contributed by atoms with Gasteiger partial charge >= 0.3 is 0 Å². The third-order valence-electron chi connectivity index (χ3n) is 2.68. The number of nitrogens with zero attached hydrogens (tertiary/aromatic N) is 2. The normalized spacial score (nSPS) is 10.8. The van der Waals surface area contributed by atoms with Gasteiger partial charge in [-0.25, -0.2) is 9.97 Å². The van der Waals surface area contributed by atoms with Crippen molar-refractivity contribution < 1.29 is 0 Å². The Morgan fingerprint density at radius 1 is 0.900 bits per heavy atom. The van der Waals surface area contributed by atoms with E-state index in [9.17, 15) is 0 Å². The van der Waals surface area contributed by atoms with Crippen LogP contribution >= 0.6 is 50.5 Å². The second-order valence-electron chi connectivity index (χ2n) is 3.97. The third-order valence-corrected chi connectivity index (χ3v) is 4.84. The molecule has 0 aliphatic rings. The first kappa shape index (κ1) is 14.0. The molecule has 0 saturated heterocycles. The van der Waals surface area contributed by atoms with Crippen LogP contribution in [0.25, 0.3) is 21.8 Å². The van der Waals surface area contributed by atoms with Gasteiger partial charge in [0.1, 0.15) is 10.3 Å². The van der Waals surface area contributed by atoms with Gasteiger partial charge in [-0.05, 0) is 33.6 Å². The smallest absolute Gasteiger partial charge is 0.172 e. The lowest BCUT2D eigenvalue weighted by molar-refractivity contribution is 1.19. The Kier molecular flexibility index (Phi) is 4.08. The zero-order valence-electron chi connectivity index (χ0n) is 9.98. The molecular weight excluding hydrogens is 379 g/mol. The minimum Gasteiger partial charge on any atom is -0.215 e. The molecule has 0 N–H and O–H groups in total. The first-order valence-electron chi connectivity index (χ1n) is 5.69. The van der Waals surface area contributed by atoms with Gasteiger partial charge in [-0.15, -0.1) is 11.3 Å². The molecule has 2 heterocycles. The molecule has 0 aliphatic carbocycles. The summed E-state index contributed by atoms with van der Waals surface area (Å²) in [4.78, 5) is 9.62. The predicted octanol–water partition coefficient (Wildman–Crippen LogP) is 5.94. The quantitative estimate of drug-likeness (QED) is 0.510. The molecule has 100 valence electrons. The Morgan fingerprint density at radius 3 is 2.10 bits per heavy atom. The zero-order valence-corrected chi connectivity index (χ0v) is 13.9. The van der Waals surface area contributed by atoms with Crippen LogP contribution in [0.15, 0.2) is 46.3 Å². The molecule has 0 amide bonds. The SMILES string of the molecule is Clc1nc(-c2ccc(Br)s2)nc(Cl)c1-c1ccccc1. The van der Waals surface area contributed by atoms with Crippen LogP contribution < -0.4 is 0 Å². The second kappa shape index (κ2) is 5.82. The summed E-state index contributed by atoms with van der Waals surface area (Å²) in [7, 11) is 0. The molecule has 2 aromatic heterocycles. The number of rotatable bonds is 2. The Morgan fingerprint density at radius 2 is 1.55 bits per heavy atom. The first-order valence-corrected chi connectivity index (χ1v) is 8.06. The lowest BCUT2D eigenvalue weighted by atomic mass is 10.1. The molecule has 0 fully saturated rings. The lowest BCUT2D eigenvalue weighted by Crippen LogP contribution is -1.93. The molecule has 0 saturated carbocycles. The zero-order chi connectivity index (χ0) is 14.1. The molecule has 20 heavy (non-hydrogen) atoms. The fraction of sp³-hybridized carbons (Fsp3) is 0. The van der Waals surface area contributed by atoms with Crippen LogP contribution in [0.2, 0.25) is 10.3 Å². The summed E-state index contributed by atoms with van der Waals surface area (Å²) in [6.07, 6.45) is 0. The van der Waals surface area contributed by atoms with Crippen molar-refractivity contribution >= 4 is 50.5 Å². The number of hydrogen-bond acceptors (Lipinski definition) is 3. The molecule has 0 atom stereocenters. The maximum absolute atomic E-state index is 6.28. The van der Waals surface area contributed by atoms with Crippen LogP contribution in [-0.4, -0.2) is 9.97 Å². The van der Waals surface area contributed by atoms with Crippen LogP contribution in [0.1, 0.15) is 0 Å². The van der Waals surface area contributed by atoms with Crippen molar-refractivity contribution in [1.82, 2.24) is 9.97 Å². The van der Waals surface area contributed by atoms with Crippen molar-refractivity contribution in [2.45, 2.75) is 0 Å². The highest BCUT2D eigenvalue weighted by atomic mass is 79.9. The predicted molar refractivity (Wildman–Crippen MR) is 88.5 cm³/mol. The summed E-state index contributed by atoms with van der Waals surface area (Å²) in [6, 6.07) is 13.5. The van der Waals surface area contributed by atoms with E-state index in [1.54, 1.807) is 0 Å². The molecule has 2 nitrogen and oxygen atoms in total. The van der Waals surface area contributed by atoms with E-state index in [1.165, 1.54) is 11.3 Å². The van der Waals surface area contributed by atoms with Crippen molar-refractivity contribution in [3.63, 3.8) is 0 Å². The highest BCUT2D eigenvalue weighted by Crippen LogP contribution is 2.36. The van der Waals surface area contributed by atoms with Crippen molar-refractivity contribution in [3.8, 4) is 21.8 Å². The third kappa shape index (κ3) is 2.74. The number of halogens is 3.